The zero-order chi connectivity index (χ0) is 19.5. The number of ether oxygens (including phenoxy) is 1. The van der Waals surface area contributed by atoms with Crippen LogP contribution in [0.3, 0.4) is 0 Å². The first-order valence-corrected chi connectivity index (χ1v) is 9.83. The Morgan fingerprint density at radius 2 is 1.73 bits per heavy atom. The minimum absolute atomic E-state index is 0. The van der Waals surface area contributed by atoms with E-state index in [-0.39, 0.29) is 30.2 Å². The number of benzene rings is 2. The Hall–Kier alpha value is -1.76. The molecule has 0 aliphatic carbocycles. The fourth-order valence-electron chi connectivity index (χ4n) is 3.39. The molecule has 5 nitrogen and oxygen atoms in total. The van der Waals surface area contributed by atoms with E-state index in [1.165, 1.54) is 6.26 Å². The third-order valence-electron chi connectivity index (χ3n) is 5.17. The molecule has 1 fully saturated rings. The number of likely N-dealkylation sites (N-methyl/N-ethyl adjacent to an activating group) is 1. The van der Waals surface area contributed by atoms with Crippen molar-refractivity contribution in [2.45, 2.75) is 0 Å². The average molecular weight is 472 g/mol. The molecule has 2 aromatic carbocycles. The van der Waals surface area contributed by atoms with Crippen LogP contribution in [0.4, 0.5) is 0 Å². The quantitative estimate of drug-likeness (QED) is 0.545. The van der Waals surface area contributed by atoms with Crippen LogP contribution in [-0.4, -0.2) is 56.2 Å². The largest absolute Gasteiger partial charge is 0.492 e. The fourth-order valence-corrected chi connectivity index (χ4v) is 3.52. The van der Waals surface area contributed by atoms with Crippen molar-refractivity contribution in [3.8, 4) is 16.9 Å². The highest BCUT2D eigenvalue weighted by atomic mass is 35.5. The molecule has 1 aliphatic rings. The van der Waals surface area contributed by atoms with E-state index in [2.05, 4.69) is 16.8 Å². The van der Waals surface area contributed by atoms with Crippen LogP contribution in [0.5, 0.6) is 5.75 Å². The summed E-state index contributed by atoms with van der Waals surface area (Å²) >= 11 is 5.93. The maximum atomic E-state index is 12.8. The number of hydrogen-bond acceptors (Lipinski definition) is 5. The van der Waals surface area contributed by atoms with Gasteiger partial charge in [-0.25, -0.2) is 0 Å². The summed E-state index contributed by atoms with van der Waals surface area (Å²) in [6, 6.07) is 12.5. The second-order valence-electron chi connectivity index (χ2n) is 7.14. The van der Waals surface area contributed by atoms with E-state index in [0.29, 0.717) is 33.9 Å². The van der Waals surface area contributed by atoms with Gasteiger partial charge in [0.2, 0.25) is 0 Å². The molecule has 0 N–H and O–H groups in total. The first-order valence-electron chi connectivity index (χ1n) is 9.45. The molecule has 1 saturated heterocycles. The van der Waals surface area contributed by atoms with Gasteiger partial charge < -0.3 is 14.1 Å². The van der Waals surface area contributed by atoms with Crippen LogP contribution in [0, 0.1) is 0 Å². The summed E-state index contributed by atoms with van der Waals surface area (Å²) in [6.07, 6.45) is 1.50. The van der Waals surface area contributed by atoms with Gasteiger partial charge in [-0.2, -0.15) is 0 Å². The first-order chi connectivity index (χ1) is 13.6. The van der Waals surface area contributed by atoms with E-state index in [4.69, 9.17) is 20.8 Å². The highest BCUT2D eigenvalue weighted by molar-refractivity contribution is 6.30. The highest BCUT2D eigenvalue weighted by Gasteiger charge is 2.14. The van der Waals surface area contributed by atoms with Crippen LogP contribution >= 0.6 is 36.4 Å². The van der Waals surface area contributed by atoms with Gasteiger partial charge in [-0.15, -0.1) is 24.8 Å². The lowest BCUT2D eigenvalue weighted by atomic mass is 10.1. The van der Waals surface area contributed by atoms with E-state index in [1.807, 2.05) is 18.2 Å². The summed E-state index contributed by atoms with van der Waals surface area (Å²) < 4.78 is 11.6. The third-order valence-corrected chi connectivity index (χ3v) is 5.43. The van der Waals surface area contributed by atoms with Gasteiger partial charge in [0.1, 0.15) is 24.2 Å². The molecular formula is C22H25Cl3N2O3. The Bertz CT molecular complexity index is 1020. The monoisotopic (exact) mass is 470 g/mol. The van der Waals surface area contributed by atoms with Gasteiger partial charge in [0.05, 0.1) is 10.9 Å². The van der Waals surface area contributed by atoms with Crippen molar-refractivity contribution in [2.75, 3.05) is 46.4 Å². The number of fused-ring (bicyclic) bond motifs is 1. The van der Waals surface area contributed by atoms with E-state index in [9.17, 15) is 4.79 Å². The van der Waals surface area contributed by atoms with Crippen LogP contribution in [0.1, 0.15) is 0 Å². The lowest BCUT2D eigenvalue weighted by Crippen LogP contribution is -2.45. The van der Waals surface area contributed by atoms with Crippen LogP contribution in [0.2, 0.25) is 5.02 Å². The Morgan fingerprint density at radius 1 is 1.03 bits per heavy atom. The lowest BCUT2D eigenvalue weighted by molar-refractivity contribution is 0.134. The van der Waals surface area contributed by atoms with Crippen molar-refractivity contribution in [1.29, 1.82) is 0 Å². The van der Waals surface area contributed by atoms with Gasteiger partial charge in [0.15, 0.2) is 5.43 Å². The summed E-state index contributed by atoms with van der Waals surface area (Å²) in [7, 11) is 2.15. The number of rotatable bonds is 5. The molecule has 162 valence electrons. The molecule has 0 atom stereocenters. The zero-order valence-electron chi connectivity index (χ0n) is 16.7. The minimum atomic E-state index is -0.0624. The Kier molecular flexibility index (Phi) is 9.01. The van der Waals surface area contributed by atoms with Gasteiger partial charge in [-0.1, -0.05) is 23.7 Å². The summed E-state index contributed by atoms with van der Waals surface area (Å²) in [5.74, 6) is 0.712. The lowest BCUT2D eigenvalue weighted by Gasteiger charge is -2.32. The molecule has 30 heavy (non-hydrogen) atoms. The second-order valence-corrected chi connectivity index (χ2v) is 7.57. The molecule has 3 aromatic rings. The van der Waals surface area contributed by atoms with E-state index in [0.717, 1.165) is 38.3 Å². The van der Waals surface area contributed by atoms with E-state index >= 15 is 0 Å². The average Bonchev–Trinajstić information content (AvgIpc) is 2.71. The summed E-state index contributed by atoms with van der Waals surface area (Å²) in [6.45, 7) is 5.83. The molecule has 0 unspecified atom stereocenters. The molecule has 0 radical (unpaired) electrons. The van der Waals surface area contributed by atoms with Crippen LogP contribution in [0.15, 0.2) is 57.9 Å². The molecule has 4 rings (SSSR count). The van der Waals surface area contributed by atoms with Gasteiger partial charge in [-0.05, 0) is 36.9 Å². The second kappa shape index (κ2) is 11.0. The maximum Gasteiger partial charge on any atom is 0.200 e. The molecule has 0 bridgehead atoms. The zero-order valence-corrected chi connectivity index (χ0v) is 19.1. The van der Waals surface area contributed by atoms with Crippen molar-refractivity contribution in [1.82, 2.24) is 9.80 Å². The Labute approximate surface area is 193 Å². The first kappa shape index (κ1) is 24.5. The maximum absolute atomic E-state index is 12.8. The molecule has 0 saturated carbocycles. The van der Waals surface area contributed by atoms with Crippen LogP contribution in [-0.2, 0) is 0 Å². The van der Waals surface area contributed by atoms with Gasteiger partial charge in [-0.3, -0.25) is 9.69 Å². The normalized spacial score (nSPS) is 14.7. The summed E-state index contributed by atoms with van der Waals surface area (Å²) in [5, 5.41) is 1.17. The molecule has 1 aliphatic heterocycles. The number of halogens is 3. The van der Waals surface area contributed by atoms with Crippen molar-refractivity contribution in [3.05, 3.63) is 64.0 Å². The van der Waals surface area contributed by atoms with Crippen LogP contribution in [0.25, 0.3) is 22.1 Å². The van der Waals surface area contributed by atoms with Gasteiger partial charge >= 0.3 is 0 Å². The predicted octanol–water partition coefficient (Wildman–Crippen LogP) is 4.58. The van der Waals surface area contributed by atoms with Crippen molar-refractivity contribution in [3.63, 3.8) is 0 Å². The third kappa shape index (κ3) is 5.68. The summed E-state index contributed by atoms with van der Waals surface area (Å²) in [5.41, 5.74) is 1.77. The van der Waals surface area contributed by atoms with Gasteiger partial charge in [0, 0.05) is 43.8 Å². The molecule has 8 heteroatoms. The molecule has 0 spiro atoms. The Morgan fingerprint density at radius 3 is 2.43 bits per heavy atom. The van der Waals surface area contributed by atoms with Crippen molar-refractivity contribution >= 4 is 47.4 Å². The van der Waals surface area contributed by atoms with Crippen molar-refractivity contribution in [2.24, 2.45) is 0 Å². The predicted molar refractivity (Wildman–Crippen MR) is 127 cm³/mol. The van der Waals surface area contributed by atoms with Gasteiger partial charge in [0.25, 0.3) is 0 Å². The summed E-state index contributed by atoms with van der Waals surface area (Å²) in [4.78, 5) is 17.6. The highest BCUT2D eigenvalue weighted by Crippen LogP contribution is 2.24. The minimum Gasteiger partial charge on any atom is -0.492 e. The van der Waals surface area contributed by atoms with Crippen LogP contribution < -0.4 is 10.2 Å². The topological polar surface area (TPSA) is 45.9 Å². The fraction of sp³-hybridized carbons (Fsp3) is 0.318. The van der Waals surface area contributed by atoms with E-state index < -0.39 is 0 Å². The van der Waals surface area contributed by atoms with Crippen molar-refractivity contribution < 1.29 is 9.15 Å². The SMILES string of the molecule is CN1CCN(CCOc2ccc3c(=O)c(-c4ccc(Cl)cc4)coc3c2)CC1.Cl.Cl. The van der Waals surface area contributed by atoms with E-state index in [1.54, 1.807) is 24.3 Å². The molecule has 1 aromatic heterocycles. The molecule has 2 heterocycles. The Balaban J connectivity index is 0.00000160. The molecular weight excluding hydrogens is 447 g/mol. The number of piperazine rings is 1. The standard InChI is InChI=1S/C22H23ClN2O3.2ClH/c1-24-8-10-25(11-9-24)12-13-27-18-6-7-19-21(14-18)28-15-20(22(19)26)16-2-4-17(23)5-3-16;;/h2-7,14-15H,8-13H2,1H3;2*1H. The molecule has 0 amide bonds. The smallest absolute Gasteiger partial charge is 0.200 e. The number of nitrogens with zero attached hydrogens (tertiary/aromatic N) is 2. The number of hydrogen-bond donors (Lipinski definition) is 0.